The average Bonchev–Trinajstić information content (AvgIpc) is 2.63. The number of carboxylic acid groups (broad SMARTS) is 1. The summed E-state index contributed by atoms with van der Waals surface area (Å²) in [5.41, 5.74) is 2.96. The third-order valence-corrected chi connectivity index (χ3v) is 11.3. The van der Waals surface area contributed by atoms with Crippen molar-refractivity contribution in [2.75, 3.05) is 30.3 Å². The maximum Gasteiger partial charge on any atom is 0.320 e. The molecule has 1 unspecified atom stereocenters. The molecule has 0 fully saturated rings. The average molecular weight is 527 g/mol. The van der Waals surface area contributed by atoms with Gasteiger partial charge in [0, 0.05) is 9.92 Å². The highest BCUT2D eigenvalue weighted by Crippen LogP contribution is 2.62. The van der Waals surface area contributed by atoms with Crippen LogP contribution in [-0.2, 0) is 25.6 Å². The number of carboxylic acids is 1. The molecule has 0 spiro atoms. The Kier molecular flexibility index (Phi) is 17.0. The molecule has 0 amide bonds. The van der Waals surface area contributed by atoms with Gasteiger partial charge in [-0.25, -0.2) is 0 Å². The molecule has 162 valence electrons. The van der Waals surface area contributed by atoms with Crippen molar-refractivity contribution in [3.8, 4) is 0 Å². The second-order valence-corrected chi connectivity index (χ2v) is 14.5. The van der Waals surface area contributed by atoms with Crippen LogP contribution in [0.15, 0.2) is 23.1 Å². The standard InChI is InChI=1S/C11H15Cl2O2PS3.C5H11NO2S/c1-3-14-16(17,15-4-2)19-8-18-11-7-9(12)5-6-10(11)13;1-9-3-2-4(6)5(7)8/h5-7H,3-4,8H2,1-2H3;4H,2-3,6H2,1H3,(H,7,8). The summed E-state index contributed by atoms with van der Waals surface area (Å²) in [5, 5.41) is 10.4. The van der Waals surface area contributed by atoms with Crippen LogP contribution in [-0.4, -0.2) is 47.4 Å². The van der Waals surface area contributed by atoms with Crippen molar-refractivity contribution in [1.29, 1.82) is 0 Å². The maximum atomic E-state index is 10.1. The predicted molar refractivity (Wildman–Crippen MR) is 131 cm³/mol. The molecule has 0 aromatic heterocycles. The number of benzene rings is 1. The molecule has 5 nitrogen and oxygen atoms in total. The number of nitrogens with two attached hydrogens (primary N) is 1. The Morgan fingerprint density at radius 2 is 1.93 bits per heavy atom. The van der Waals surface area contributed by atoms with Gasteiger partial charge in [0.05, 0.1) is 23.3 Å². The summed E-state index contributed by atoms with van der Waals surface area (Å²) < 4.78 is 11.1. The van der Waals surface area contributed by atoms with Gasteiger partial charge in [-0.05, 0) is 62.3 Å². The Bertz CT molecular complexity index is 633. The van der Waals surface area contributed by atoms with E-state index in [0.717, 1.165) is 15.7 Å². The van der Waals surface area contributed by atoms with Gasteiger partial charge in [0.25, 0.3) is 0 Å². The van der Waals surface area contributed by atoms with Crippen LogP contribution in [0.5, 0.6) is 0 Å². The lowest BCUT2D eigenvalue weighted by atomic mass is 10.2. The summed E-state index contributed by atoms with van der Waals surface area (Å²) in [4.78, 5) is 11.0. The van der Waals surface area contributed by atoms with Crippen LogP contribution in [0.1, 0.15) is 20.3 Å². The molecule has 0 aliphatic heterocycles. The second kappa shape index (κ2) is 16.5. The highest BCUT2D eigenvalue weighted by Gasteiger charge is 2.19. The van der Waals surface area contributed by atoms with E-state index < -0.39 is 17.7 Å². The van der Waals surface area contributed by atoms with Gasteiger partial charge in [-0.3, -0.25) is 4.79 Å². The van der Waals surface area contributed by atoms with Crippen molar-refractivity contribution in [2.45, 2.75) is 31.2 Å². The fraction of sp³-hybridized carbons (Fsp3) is 0.562. The number of hydrogen-bond acceptors (Lipinski definition) is 8. The van der Waals surface area contributed by atoms with Crippen molar-refractivity contribution in [1.82, 2.24) is 0 Å². The summed E-state index contributed by atoms with van der Waals surface area (Å²) in [5.74, 6) is -0.1000. The lowest BCUT2D eigenvalue weighted by Gasteiger charge is -2.19. The number of halogens is 2. The minimum atomic E-state index is -2.23. The van der Waals surface area contributed by atoms with Gasteiger partial charge in [0.2, 0.25) is 5.69 Å². The Hall–Kier alpha value is 0.850. The molecule has 1 rings (SSSR count). The number of aliphatic carboxylic acids is 1. The minimum absolute atomic E-state index is 0.552. The number of rotatable bonds is 12. The maximum absolute atomic E-state index is 10.1. The topological polar surface area (TPSA) is 81.8 Å². The fourth-order valence-electron chi connectivity index (χ4n) is 1.54. The zero-order valence-electron chi connectivity index (χ0n) is 15.9. The first-order chi connectivity index (χ1) is 13.2. The van der Waals surface area contributed by atoms with E-state index in [4.69, 9.17) is 54.9 Å². The quantitative estimate of drug-likeness (QED) is 0.187. The molecule has 0 saturated carbocycles. The minimum Gasteiger partial charge on any atom is -0.480 e. The Morgan fingerprint density at radius 1 is 1.32 bits per heavy atom. The van der Waals surface area contributed by atoms with Gasteiger partial charge in [0.15, 0.2) is 0 Å². The van der Waals surface area contributed by atoms with Gasteiger partial charge < -0.3 is 19.9 Å². The molecule has 1 atom stereocenters. The van der Waals surface area contributed by atoms with E-state index in [0.29, 0.717) is 29.7 Å². The molecular weight excluding hydrogens is 500 g/mol. The zero-order chi connectivity index (χ0) is 21.6. The van der Waals surface area contributed by atoms with Gasteiger partial charge in [-0.2, -0.15) is 11.8 Å². The summed E-state index contributed by atoms with van der Waals surface area (Å²) >= 11 is 22.2. The molecular formula is C16H26Cl2NO4PS4. The monoisotopic (exact) mass is 525 g/mol. The van der Waals surface area contributed by atoms with Crippen LogP contribution in [0, 0.1) is 0 Å². The Labute approximate surface area is 195 Å². The van der Waals surface area contributed by atoms with Gasteiger partial charge >= 0.3 is 5.97 Å². The van der Waals surface area contributed by atoms with E-state index in [2.05, 4.69) is 0 Å². The second-order valence-electron chi connectivity index (χ2n) is 4.97. The van der Waals surface area contributed by atoms with Crippen molar-refractivity contribution in [2.24, 2.45) is 5.73 Å². The van der Waals surface area contributed by atoms with Crippen LogP contribution < -0.4 is 5.73 Å². The first-order valence-corrected chi connectivity index (χ1v) is 15.6. The molecule has 0 heterocycles. The summed E-state index contributed by atoms with van der Waals surface area (Å²) in [6.07, 6.45) is 2.48. The van der Waals surface area contributed by atoms with Crippen molar-refractivity contribution in [3.05, 3.63) is 28.2 Å². The lowest BCUT2D eigenvalue weighted by molar-refractivity contribution is -0.138. The zero-order valence-corrected chi connectivity index (χ0v) is 21.6. The Morgan fingerprint density at radius 3 is 2.43 bits per heavy atom. The molecule has 0 saturated heterocycles. The molecule has 0 aliphatic carbocycles. The highest BCUT2D eigenvalue weighted by molar-refractivity contribution is 8.69. The molecule has 0 radical (unpaired) electrons. The van der Waals surface area contributed by atoms with Crippen molar-refractivity contribution in [3.63, 3.8) is 0 Å². The lowest BCUT2D eigenvalue weighted by Crippen LogP contribution is -2.30. The molecule has 0 bridgehead atoms. The molecule has 3 N–H and O–H groups in total. The number of carbonyl (C=O) groups is 1. The Balaban J connectivity index is 0.000000684. The first kappa shape index (κ1) is 28.9. The number of thioether (sulfide) groups is 2. The van der Waals surface area contributed by atoms with Crippen LogP contribution >= 0.6 is 63.8 Å². The van der Waals surface area contributed by atoms with E-state index in [1.54, 1.807) is 35.7 Å². The summed E-state index contributed by atoms with van der Waals surface area (Å²) in [6.45, 7) is 4.96. The molecule has 12 heteroatoms. The van der Waals surface area contributed by atoms with Gasteiger partial charge in [-0.1, -0.05) is 34.6 Å². The van der Waals surface area contributed by atoms with E-state index in [1.165, 1.54) is 11.4 Å². The summed E-state index contributed by atoms with van der Waals surface area (Å²) in [6, 6.07) is 4.72. The van der Waals surface area contributed by atoms with Crippen molar-refractivity contribution >= 4 is 81.6 Å². The van der Waals surface area contributed by atoms with Crippen LogP contribution in [0.25, 0.3) is 0 Å². The van der Waals surface area contributed by atoms with E-state index in [9.17, 15) is 4.79 Å². The summed E-state index contributed by atoms with van der Waals surface area (Å²) in [7, 11) is 0. The molecule has 1 aromatic carbocycles. The normalized spacial score (nSPS) is 12.2. The van der Waals surface area contributed by atoms with E-state index >= 15 is 0 Å². The fourth-order valence-corrected chi connectivity index (χ4v) is 9.56. The van der Waals surface area contributed by atoms with E-state index in [-0.39, 0.29) is 0 Å². The third-order valence-electron chi connectivity index (χ3n) is 2.84. The van der Waals surface area contributed by atoms with Crippen LogP contribution in [0.4, 0.5) is 0 Å². The SMILES string of the molecule is CCOP(=S)(OCC)SCSc1cc(Cl)ccc1Cl.CSCCC(N)C(=O)O. The molecule has 1 aromatic rings. The smallest absolute Gasteiger partial charge is 0.320 e. The van der Waals surface area contributed by atoms with E-state index in [1.807, 2.05) is 26.2 Å². The predicted octanol–water partition coefficient (Wildman–Crippen LogP) is 6.23. The first-order valence-electron chi connectivity index (χ1n) is 8.27. The van der Waals surface area contributed by atoms with Crippen LogP contribution in [0.3, 0.4) is 0 Å². The van der Waals surface area contributed by atoms with Crippen LogP contribution in [0.2, 0.25) is 10.0 Å². The molecule has 0 aliphatic rings. The highest BCUT2D eigenvalue weighted by atomic mass is 35.5. The number of hydrogen-bond donors (Lipinski definition) is 2. The van der Waals surface area contributed by atoms with Gasteiger partial charge in [-0.15, -0.1) is 11.8 Å². The van der Waals surface area contributed by atoms with Crippen molar-refractivity contribution < 1.29 is 18.9 Å². The molecule has 28 heavy (non-hydrogen) atoms. The van der Waals surface area contributed by atoms with Gasteiger partial charge in [0.1, 0.15) is 6.04 Å². The largest absolute Gasteiger partial charge is 0.480 e. The third kappa shape index (κ3) is 13.2.